The molecule has 11 heavy (non-hydrogen) atoms. The molecule has 1 heterocycles. The molecule has 0 saturated heterocycles. The minimum Gasteiger partial charge on any atom is -0.432 e. The van der Waals surface area contributed by atoms with E-state index in [1.54, 1.807) is 12.3 Å². The summed E-state index contributed by atoms with van der Waals surface area (Å²) in [6, 6.07) is 0. The number of hydrogen-bond acceptors (Lipinski definition) is 3. The van der Waals surface area contributed by atoms with Crippen LogP contribution in [0.1, 0.15) is 0 Å². The van der Waals surface area contributed by atoms with Crippen molar-refractivity contribution in [1.29, 1.82) is 0 Å². The molecule has 60 valence electrons. The van der Waals surface area contributed by atoms with E-state index in [0.29, 0.717) is 6.47 Å². The van der Waals surface area contributed by atoms with Crippen LogP contribution in [0, 0.1) is 0 Å². The first-order valence-corrected chi connectivity index (χ1v) is 5.47. The number of carbonyl (C=O) groups is 1. The van der Waals surface area contributed by atoms with Crippen molar-refractivity contribution in [2.24, 2.45) is 4.99 Å². The van der Waals surface area contributed by atoms with Crippen molar-refractivity contribution >= 4 is 20.6 Å². The summed E-state index contributed by atoms with van der Waals surface area (Å²) in [6.45, 7) is 4.49. The van der Waals surface area contributed by atoms with Crippen molar-refractivity contribution in [2.45, 2.75) is 5.47 Å². The number of rotatable bonds is 3. The lowest BCUT2D eigenvalue weighted by molar-refractivity contribution is -0.133. The van der Waals surface area contributed by atoms with Gasteiger partial charge in [0.25, 0.3) is 6.47 Å². The molecular formula is C7H10NO2P. The van der Waals surface area contributed by atoms with Crippen molar-refractivity contribution in [3.8, 4) is 0 Å². The number of nitrogens with zero attached hydrogens (tertiary/aromatic N) is 1. The van der Waals surface area contributed by atoms with Crippen LogP contribution in [0.2, 0.25) is 0 Å². The topological polar surface area (TPSA) is 38.7 Å². The SMILES string of the molecule is CP(C)[C@@]1(OC=O)C=CC=N1. The van der Waals surface area contributed by atoms with Crippen LogP contribution in [0.25, 0.3) is 0 Å². The second-order valence-corrected chi connectivity index (χ2v) is 4.83. The second kappa shape index (κ2) is 3.14. The first-order chi connectivity index (χ1) is 5.21. The van der Waals surface area contributed by atoms with Gasteiger partial charge >= 0.3 is 0 Å². The van der Waals surface area contributed by atoms with Crippen LogP contribution >= 0.6 is 7.92 Å². The van der Waals surface area contributed by atoms with E-state index in [1.165, 1.54) is 0 Å². The van der Waals surface area contributed by atoms with Crippen LogP contribution in [-0.4, -0.2) is 31.5 Å². The Hall–Kier alpha value is -0.690. The lowest BCUT2D eigenvalue weighted by Gasteiger charge is -2.25. The summed E-state index contributed by atoms with van der Waals surface area (Å²) in [5.74, 6) is 0. The summed E-state index contributed by atoms with van der Waals surface area (Å²) in [7, 11) is -0.430. The number of hydrogen-bond donors (Lipinski definition) is 0. The third-order valence-corrected chi connectivity index (χ3v) is 3.17. The minimum absolute atomic E-state index is 0.430. The summed E-state index contributed by atoms with van der Waals surface area (Å²) in [6.07, 6.45) is 5.27. The molecule has 0 unspecified atom stereocenters. The summed E-state index contributed by atoms with van der Waals surface area (Å²) >= 11 is 0. The highest BCUT2D eigenvalue weighted by Crippen LogP contribution is 2.47. The van der Waals surface area contributed by atoms with Gasteiger partial charge in [-0.1, -0.05) is 0 Å². The molecule has 0 fully saturated rings. The third kappa shape index (κ3) is 1.48. The van der Waals surface area contributed by atoms with E-state index in [1.807, 2.05) is 19.4 Å². The fraction of sp³-hybridized carbons (Fsp3) is 0.429. The lowest BCUT2D eigenvalue weighted by atomic mass is 10.5. The molecule has 1 aliphatic rings. The Balaban J connectivity index is 2.80. The van der Waals surface area contributed by atoms with E-state index >= 15 is 0 Å². The highest BCUT2D eigenvalue weighted by atomic mass is 31.1. The molecule has 1 aliphatic heterocycles. The fourth-order valence-corrected chi connectivity index (χ4v) is 1.81. The van der Waals surface area contributed by atoms with Crippen molar-refractivity contribution in [3.05, 3.63) is 12.2 Å². The molecular weight excluding hydrogens is 161 g/mol. The zero-order valence-corrected chi connectivity index (χ0v) is 7.41. The Morgan fingerprint density at radius 3 is 2.73 bits per heavy atom. The van der Waals surface area contributed by atoms with Crippen LogP contribution in [0.15, 0.2) is 17.1 Å². The monoisotopic (exact) mass is 171 g/mol. The fourth-order valence-electron chi connectivity index (χ4n) is 0.872. The molecule has 1 atom stereocenters. The van der Waals surface area contributed by atoms with E-state index in [9.17, 15) is 4.79 Å². The molecule has 0 saturated carbocycles. The molecule has 1 rings (SSSR count). The van der Waals surface area contributed by atoms with E-state index in [4.69, 9.17) is 4.74 Å². The zero-order chi connectivity index (χ0) is 8.32. The maximum Gasteiger partial charge on any atom is 0.295 e. The normalized spacial score (nSPS) is 27.9. The zero-order valence-electron chi connectivity index (χ0n) is 6.52. The maximum atomic E-state index is 10.2. The Kier molecular flexibility index (Phi) is 2.40. The van der Waals surface area contributed by atoms with Gasteiger partial charge in [0.2, 0.25) is 5.47 Å². The van der Waals surface area contributed by atoms with Gasteiger partial charge in [0, 0.05) is 6.21 Å². The number of carbonyl (C=O) groups excluding carboxylic acids is 1. The lowest BCUT2D eigenvalue weighted by Crippen LogP contribution is -2.22. The molecule has 0 aliphatic carbocycles. The van der Waals surface area contributed by atoms with E-state index in [-0.39, 0.29) is 0 Å². The highest BCUT2D eigenvalue weighted by molar-refractivity contribution is 7.57. The van der Waals surface area contributed by atoms with Crippen LogP contribution in [0.4, 0.5) is 0 Å². The maximum absolute atomic E-state index is 10.2. The molecule has 0 spiro atoms. The number of aliphatic imine (C=N–C) groups is 1. The Morgan fingerprint density at radius 2 is 2.36 bits per heavy atom. The number of ether oxygens (including phenoxy) is 1. The van der Waals surface area contributed by atoms with Gasteiger partial charge in [0.05, 0.1) is 0 Å². The Bertz CT molecular complexity index is 198. The van der Waals surface area contributed by atoms with Crippen molar-refractivity contribution in [2.75, 3.05) is 13.3 Å². The van der Waals surface area contributed by atoms with Crippen molar-refractivity contribution in [3.63, 3.8) is 0 Å². The first kappa shape index (κ1) is 8.41. The Labute approximate surface area is 66.9 Å². The van der Waals surface area contributed by atoms with Crippen molar-refractivity contribution in [1.82, 2.24) is 0 Å². The summed E-state index contributed by atoms with van der Waals surface area (Å²) < 4.78 is 4.92. The molecule has 0 bridgehead atoms. The third-order valence-electron chi connectivity index (χ3n) is 1.52. The van der Waals surface area contributed by atoms with Gasteiger partial charge in [0.1, 0.15) is 0 Å². The van der Waals surface area contributed by atoms with Gasteiger partial charge < -0.3 is 4.74 Å². The minimum atomic E-state index is -0.670. The van der Waals surface area contributed by atoms with Gasteiger partial charge in [-0.3, -0.25) is 4.79 Å². The predicted molar refractivity (Wildman–Crippen MR) is 46.3 cm³/mol. The van der Waals surface area contributed by atoms with Crippen LogP contribution < -0.4 is 0 Å². The summed E-state index contributed by atoms with van der Waals surface area (Å²) in [4.78, 5) is 14.2. The highest BCUT2D eigenvalue weighted by Gasteiger charge is 2.33. The molecule has 0 amide bonds. The molecule has 4 heteroatoms. The average Bonchev–Trinajstić information content (AvgIpc) is 2.38. The van der Waals surface area contributed by atoms with E-state index in [0.717, 1.165) is 0 Å². The second-order valence-electron chi connectivity index (χ2n) is 2.40. The Morgan fingerprint density at radius 1 is 1.64 bits per heavy atom. The standard InChI is InChI=1S/C7H10NO2P/c1-11(2)7(10-6-9)4-3-5-8-7/h3-6H,1-2H3/t7-/m0/s1. The molecule has 0 aromatic rings. The quantitative estimate of drug-likeness (QED) is 0.472. The summed E-state index contributed by atoms with van der Waals surface area (Å²) in [5.41, 5.74) is -0.670. The van der Waals surface area contributed by atoms with Gasteiger partial charge in [-0.25, -0.2) is 4.99 Å². The average molecular weight is 171 g/mol. The molecule has 0 N–H and O–H groups in total. The van der Waals surface area contributed by atoms with Gasteiger partial charge in [-0.15, -0.1) is 0 Å². The van der Waals surface area contributed by atoms with E-state index in [2.05, 4.69) is 4.99 Å². The van der Waals surface area contributed by atoms with Gasteiger partial charge in [0.15, 0.2) is 0 Å². The van der Waals surface area contributed by atoms with Gasteiger partial charge in [-0.05, 0) is 33.4 Å². The van der Waals surface area contributed by atoms with Crippen molar-refractivity contribution < 1.29 is 9.53 Å². The van der Waals surface area contributed by atoms with Crippen LogP contribution in [0.3, 0.4) is 0 Å². The predicted octanol–water partition coefficient (Wildman–Crippen LogP) is 1.20. The molecule has 0 aromatic carbocycles. The molecule has 0 radical (unpaired) electrons. The number of allylic oxidation sites excluding steroid dienone is 1. The summed E-state index contributed by atoms with van der Waals surface area (Å²) in [5, 5.41) is 0. The van der Waals surface area contributed by atoms with Crippen LogP contribution in [-0.2, 0) is 9.53 Å². The largest absolute Gasteiger partial charge is 0.432 e. The van der Waals surface area contributed by atoms with Crippen LogP contribution in [0.5, 0.6) is 0 Å². The molecule has 0 aromatic heterocycles. The van der Waals surface area contributed by atoms with E-state index < -0.39 is 13.4 Å². The smallest absolute Gasteiger partial charge is 0.295 e. The van der Waals surface area contributed by atoms with Gasteiger partial charge in [-0.2, -0.15) is 0 Å². The first-order valence-electron chi connectivity index (χ1n) is 3.23. The molecule has 3 nitrogen and oxygen atoms in total.